The van der Waals surface area contributed by atoms with Crippen LogP contribution in [0.2, 0.25) is 0 Å². The first kappa shape index (κ1) is 58.0. The lowest BCUT2D eigenvalue weighted by Crippen LogP contribution is -2.29. The van der Waals surface area contributed by atoms with E-state index in [0.717, 1.165) is 64.2 Å². The Morgan fingerprint density at radius 3 is 1.37 bits per heavy atom. The zero-order valence-corrected chi connectivity index (χ0v) is 39.6. The summed E-state index contributed by atoms with van der Waals surface area (Å²) in [6.07, 6.45) is 54.4. The van der Waals surface area contributed by atoms with Gasteiger partial charge in [-0.2, -0.15) is 0 Å². The first-order chi connectivity index (χ1) is 29.3. The second-order valence-electron chi connectivity index (χ2n) is 16.3. The molecule has 0 aliphatic rings. The lowest BCUT2D eigenvalue weighted by molar-refractivity contribution is -0.161. The predicted molar refractivity (Wildman–Crippen MR) is 252 cm³/mol. The highest BCUT2D eigenvalue weighted by atomic mass is 31.2. The molecule has 0 rings (SSSR count). The third-order valence-electron chi connectivity index (χ3n) is 10.5. The summed E-state index contributed by atoms with van der Waals surface area (Å²) in [5.74, 6) is -0.823. The largest absolute Gasteiger partial charge is 0.472 e. The van der Waals surface area contributed by atoms with Crippen molar-refractivity contribution in [2.24, 2.45) is 5.73 Å². The van der Waals surface area contributed by atoms with Gasteiger partial charge < -0.3 is 20.1 Å². The minimum atomic E-state index is -4.38. The van der Waals surface area contributed by atoms with Crippen LogP contribution in [0.5, 0.6) is 0 Å². The third kappa shape index (κ3) is 45.5. The highest BCUT2D eigenvalue weighted by molar-refractivity contribution is 7.47. The lowest BCUT2D eigenvalue weighted by Gasteiger charge is -2.19. The molecule has 350 valence electrons. The lowest BCUT2D eigenvalue weighted by atomic mass is 10.0. The summed E-state index contributed by atoms with van der Waals surface area (Å²) >= 11 is 0. The Bertz CT molecular complexity index is 1120. The molecular formula is C50H92NO8P. The topological polar surface area (TPSA) is 134 Å². The molecule has 2 atom stereocenters. The number of carbonyl (C=O) groups excluding carboxylic acids is 2. The normalized spacial score (nSPS) is 13.6. The number of allylic oxidation sites excluding steroid dienone is 8. The number of phosphoric ester groups is 1. The molecule has 0 bridgehead atoms. The maximum atomic E-state index is 12.6. The van der Waals surface area contributed by atoms with Crippen LogP contribution >= 0.6 is 7.82 Å². The third-order valence-corrected chi connectivity index (χ3v) is 11.5. The van der Waals surface area contributed by atoms with E-state index in [-0.39, 0.29) is 38.6 Å². The van der Waals surface area contributed by atoms with E-state index in [1.54, 1.807) is 0 Å². The quantitative estimate of drug-likeness (QED) is 0.0265. The Labute approximate surface area is 368 Å². The van der Waals surface area contributed by atoms with Crippen molar-refractivity contribution in [3.8, 4) is 0 Å². The van der Waals surface area contributed by atoms with Crippen LogP contribution in [0.3, 0.4) is 0 Å². The molecule has 0 saturated heterocycles. The highest BCUT2D eigenvalue weighted by Gasteiger charge is 2.26. The molecule has 3 N–H and O–H groups in total. The minimum absolute atomic E-state index is 0.0539. The van der Waals surface area contributed by atoms with Crippen LogP contribution in [-0.2, 0) is 32.7 Å². The Morgan fingerprint density at radius 1 is 0.517 bits per heavy atom. The summed E-state index contributed by atoms with van der Waals surface area (Å²) in [5, 5.41) is 0. The molecule has 0 radical (unpaired) electrons. The van der Waals surface area contributed by atoms with Crippen molar-refractivity contribution in [2.45, 2.75) is 232 Å². The standard InChI is InChI=1S/C50H92NO8P/c1-3-5-7-9-11-13-15-17-18-19-20-21-22-23-24-25-26-27-28-29-30-31-33-35-37-39-41-43-50(53)59-48(47-58-60(54,55)57-45-44-51)46-56-49(52)42-40-38-36-34-32-16-14-12-10-8-6-4-2/h5,7,11,13,17-18,20-21,48H,3-4,6,8-10,12,14-16,19,22-47,51H2,1-2H3,(H,54,55)/b7-5-,13-11-,18-17-,21-20-. The van der Waals surface area contributed by atoms with E-state index in [1.807, 2.05) is 0 Å². The van der Waals surface area contributed by atoms with E-state index in [0.29, 0.717) is 6.42 Å². The average Bonchev–Trinajstić information content (AvgIpc) is 3.24. The zero-order chi connectivity index (χ0) is 43.9. The van der Waals surface area contributed by atoms with Crippen LogP contribution < -0.4 is 5.73 Å². The molecule has 0 heterocycles. The predicted octanol–water partition coefficient (Wildman–Crippen LogP) is 14.7. The Morgan fingerprint density at radius 2 is 0.917 bits per heavy atom. The summed E-state index contributed by atoms with van der Waals surface area (Å²) in [7, 11) is -4.38. The molecule has 10 heteroatoms. The summed E-state index contributed by atoms with van der Waals surface area (Å²) in [6.45, 7) is 3.64. The van der Waals surface area contributed by atoms with Gasteiger partial charge in [-0.05, 0) is 51.4 Å². The van der Waals surface area contributed by atoms with Crippen LogP contribution in [0.4, 0.5) is 0 Å². The number of unbranched alkanes of at least 4 members (excludes halogenated alkanes) is 25. The van der Waals surface area contributed by atoms with Gasteiger partial charge in [0.15, 0.2) is 6.10 Å². The van der Waals surface area contributed by atoms with E-state index in [9.17, 15) is 19.0 Å². The zero-order valence-electron chi connectivity index (χ0n) is 38.7. The molecule has 0 amide bonds. The van der Waals surface area contributed by atoms with Gasteiger partial charge in [0.05, 0.1) is 13.2 Å². The Hall–Kier alpha value is -2.03. The average molecular weight is 866 g/mol. The Kier molecular flexibility index (Phi) is 44.9. The molecule has 0 fully saturated rings. The van der Waals surface area contributed by atoms with Gasteiger partial charge >= 0.3 is 19.8 Å². The van der Waals surface area contributed by atoms with Gasteiger partial charge in [0, 0.05) is 19.4 Å². The fourth-order valence-electron chi connectivity index (χ4n) is 6.86. The van der Waals surface area contributed by atoms with E-state index in [4.69, 9.17) is 24.3 Å². The van der Waals surface area contributed by atoms with E-state index >= 15 is 0 Å². The van der Waals surface area contributed by atoms with Gasteiger partial charge in [0.25, 0.3) is 0 Å². The van der Waals surface area contributed by atoms with Crippen LogP contribution in [0.15, 0.2) is 48.6 Å². The number of hydrogen-bond acceptors (Lipinski definition) is 8. The first-order valence-corrected chi connectivity index (χ1v) is 26.1. The molecule has 0 aliphatic heterocycles. The molecule has 9 nitrogen and oxygen atoms in total. The Balaban J connectivity index is 3.97. The monoisotopic (exact) mass is 866 g/mol. The maximum absolute atomic E-state index is 12.6. The molecule has 0 aliphatic carbocycles. The molecule has 60 heavy (non-hydrogen) atoms. The molecule has 0 aromatic carbocycles. The number of phosphoric acid groups is 1. The van der Waals surface area contributed by atoms with E-state index in [2.05, 4.69) is 62.5 Å². The van der Waals surface area contributed by atoms with Gasteiger partial charge in [0.2, 0.25) is 0 Å². The number of carbonyl (C=O) groups is 2. The minimum Gasteiger partial charge on any atom is -0.462 e. The van der Waals surface area contributed by atoms with Crippen molar-refractivity contribution < 1.29 is 37.6 Å². The van der Waals surface area contributed by atoms with Gasteiger partial charge in [-0.15, -0.1) is 0 Å². The van der Waals surface area contributed by atoms with Crippen molar-refractivity contribution in [3.05, 3.63) is 48.6 Å². The highest BCUT2D eigenvalue weighted by Crippen LogP contribution is 2.43. The number of nitrogens with two attached hydrogens (primary N) is 1. The molecule has 0 aromatic heterocycles. The number of ether oxygens (including phenoxy) is 2. The van der Waals surface area contributed by atoms with Crippen molar-refractivity contribution in [3.63, 3.8) is 0 Å². The summed E-state index contributed by atoms with van der Waals surface area (Å²) < 4.78 is 32.9. The number of hydrogen-bond donors (Lipinski definition) is 2. The maximum Gasteiger partial charge on any atom is 0.472 e. The van der Waals surface area contributed by atoms with Crippen LogP contribution in [0, 0.1) is 0 Å². The van der Waals surface area contributed by atoms with Crippen molar-refractivity contribution >= 4 is 19.8 Å². The van der Waals surface area contributed by atoms with E-state index in [1.165, 1.54) is 128 Å². The van der Waals surface area contributed by atoms with Gasteiger partial charge in [0.1, 0.15) is 6.61 Å². The van der Waals surface area contributed by atoms with Gasteiger partial charge in [-0.1, -0.05) is 210 Å². The molecule has 0 spiro atoms. The van der Waals surface area contributed by atoms with E-state index < -0.39 is 26.5 Å². The van der Waals surface area contributed by atoms with Crippen LogP contribution in [-0.4, -0.2) is 49.3 Å². The SMILES string of the molecule is CC/C=C\C/C=C\C/C=C\C/C=C\CCCCCCCCCCCCCCCCC(=O)OC(COC(=O)CCCCCCCCCCCCCC)COP(=O)(O)OCCN. The molecule has 0 aromatic rings. The van der Waals surface area contributed by atoms with Crippen LogP contribution in [0.1, 0.15) is 226 Å². The summed E-state index contributed by atoms with van der Waals surface area (Å²) in [5.41, 5.74) is 5.36. The fraction of sp³-hybridized carbons (Fsp3) is 0.800. The molecular weight excluding hydrogens is 774 g/mol. The van der Waals surface area contributed by atoms with Crippen molar-refractivity contribution in [1.29, 1.82) is 0 Å². The van der Waals surface area contributed by atoms with Gasteiger partial charge in [-0.3, -0.25) is 18.6 Å². The van der Waals surface area contributed by atoms with Crippen molar-refractivity contribution in [1.82, 2.24) is 0 Å². The molecule has 0 saturated carbocycles. The second kappa shape index (κ2) is 46.5. The number of rotatable bonds is 46. The van der Waals surface area contributed by atoms with Crippen LogP contribution in [0.25, 0.3) is 0 Å². The fourth-order valence-corrected chi connectivity index (χ4v) is 7.63. The smallest absolute Gasteiger partial charge is 0.462 e. The number of esters is 2. The van der Waals surface area contributed by atoms with Crippen molar-refractivity contribution in [2.75, 3.05) is 26.4 Å². The summed E-state index contributed by atoms with van der Waals surface area (Å²) in [6, 6.07) is 0. The second-order valence-corrected chi connectivity index (χ2v) is 17.8. The van der Waals surface area contributed by atoms with Gasteiger partial charge in [-0.25, -0.2) is 4.57 Å². The molecule has 2 unspecified atom stereocenters. The summed E-state index contributed by atoms with van der Waals surface area (Å²) in [4.78, 5) is 34.9. The first-order valence-electron chi connectivity index (χ1n) is 24.6.